The van der Waals surface area contributed by atoms with Crippen LogP contribution in [-0.4, -0.2) is 48.9 Å². The van der Waals surface area contributed by atoms with Crippen molar-refractivity contribution in [2.75, 3.05) is 31.1 Å². The van der Waals surface area contributed by atoms with Crippen LogP contribution in [0.15, 0.2) is 47.8 Å². The van der Waals surface area contributed by atoms with E-state index in [2.05, 4.69) is 22.3 Å². The van der Waals surface area contributed by atoms with E-state index < -0.39 is 6.04 Å². The Labute approximate surface area is 158 Å². The van der Waals surface area contributed by atoms with Gasteiger partial charge in [-0.3, -0.25) is 9.59 Å². The topological polar surface area (TPSA) is 52.7 Å². The molecule has 0 spiro atoms. The minimum absolute atomic E-state index is 0.0117. The van der Waals surface area contributed by atoms with Crippen molar-refractivity contribution < 1.29 is 9.59 Å². The molecule has 1 atom stereocenters. The summed E-state index contributed by atoms with van der Waals surface area (Å²) in [6, 6.07) is 13.4. The molecule has 1 N–H and O–H groups in total. The molecular weight excluding hydrogens is 346 g/mol. The van der Waals surface area contributed by atoms with Crippen molar-refractivity contribution in [2.24, 2.45) is 5.92 Å². The summed E-state index contributed by atoms with van der Waals surface area (Å²) in [5.41, 5.74) is 1.19. The van der Waals surface area contributed by atoms with E-state index in [1.807, 2.05) is 48.4 Å². The molecule has 2 aromatic rings. The number of thiophene rings is 1. The lowest BCUT2D eigenvalue weighted by Crippen LogP contribution is -2.56. The van der Waals surface area contributed by atoms with Gasteiger partial charge < -0.3 is 15.1 Å². The molecule has 1 aliphatic rings. The van der Waals surface area contributed by atoms with E-state index in [0.717, 1.165) is 13.1 Å². The summed E-state index contributed by atoms with van der Waals surface area (Å²) in [6.45, 7) is 6.89. The molecular formula is C20H25N3O2S. The summed E-state index contributed by atoms with van der Waals surface area (Å²) >= 11 is 1.39. The molecule has 0 unspecified atom stereocenters. The monoisotopic (exact) mass is 371 g/mol. The highest BCUT2D eigenvalue weighted by molar-refractivity contribution is 7.12. The number of piperazine rings is 1. The van der Waals surface area contributed by atoms with Crippen molar-refractivity contribution in [2.45, 2.75) is 19.9 Å². The lowest BCUT2D eigenvalue weighted by atomic mass is 10.0. The number of benzene rings is 1. The van der Waals surface area contributed by atoms with Gasteiger partial charge in [0, 0.05) is 31.9 Å². The molecule has 1 aromatic carbocycles. The number of anilines is 1. The van der Waals surface area contributed by atoms with Gasteiger partial charge in [-0.2, -0.15) is 0 Å². The molecule has 1 saturated heterocycles. The molecule has 138 valence electrons. The van der Waals surface area contributed by atoms with Crippen LogP contribution in [0.5, 0.6) is 0 Å². The molecule has 0 radical (unpaired) electrons. The van der Waals surface area contributed by atoms with Crippen LogP contribution in [0, 0.1) is 5.92 Å². The molecule has 0 saturated carbocycles. The SMILES string of the molecule is CC(C)[C@H](NC(=O)c1cccs1)C(=O)N1CCN(c2ccccc2)CC1. The van der Waals surface area contributed by atoms with Gasteiger partial charge in [-0.15, -0.1) is 11.3 Å². The van der Waals surface area contributed by atoms with E-state index in [9.17, 15) is 9.59 Å². The first-order valence-electron chi connectivity index (χ1n) is 8.99. The van der Waals surface area contributed by atoms with Crippen molar-refractivity contribution in [3.05, 3.63) is 52.7 Å². The van der Waals surface area contributed by atoms with Crippen molar-refractivity contribution >= 4 is 28.8 Å². The van der Waals surface area contributed by atoms with Crippen LogP contribution in [0.1, 0.15) is 23.5 Å². The fourth-order valence-electron chi connectivity index (χ4n) is 3.15. The minimum atomic E-state index is -0.493. The van der Waals surface area contributed by atoms with Gasteiger partial charge in [0.15, 0.2) is 0 Å². The number of hydrogen-bond acceptors (Lipinski definition) is 4. The summed E-state index contributed by atoms with van der Waals surface area (Å²) in [4.78, 5) is 30.1. The summed E-state index contributed by atoms with van der Waals surface area (Å²) in [7, 11) is 0. The van der Waals surface area contributed by atoms with Crippen molar-refractivity contribution in [1.82, 2.24) is 10.2 Å². The summed E-state index contributed by atoms with van der Waals surface area (Å²) in [5, 5.41) is 4.79. The summed E-state index contributed by atoms with van der Waals surface area (Å²) < 4.78 is 0. The number of hydrogen-bond donors (Lipinski definition) is 1. The van der Waals surface area contributed by atoms with Crippen LogP contribution >= 0.6 is 11.3 Å². The first-order chi connectivity index (χ1) is 12.6. The predicted octanol–water partition coefficient (Wildman–Crippen LogP) is 2.85. The second-order valence-corrected chi connectivity index (χ2v) is 7.77. The molecule has 3 rings (SSSR count). The number of carbonyl (C=O) groups is 2. The molecule has 1 aliphatic heterocycles. The molecule has 0 bridgehead atoms. The number of nitrogens with zero attached hydrogens (tertiary/aromatic N) is 2. The van der Waals surface area contributed by atoms with Gasteiger partial charge in [0.05, 0.1) is 4.88 Å². The fraction of sp³-hybridized carbons (Fsp3) is 0.400. The smallest absolute Gasteiger partial charge is 0.262 e. The molecule has 2 amide bonds. The van der Waals surface area contributed by atoms with E-state index in [-0.39, 0.29) is 17.7 Å². The molecule has 1 fully saturated rings. The predicted molar refractivity (Wildman–Crippen MR) is 106 cm³/mol. The normalized spacial score (nSPS) is 15.8. The Kier molecular flexibility index (Phi) is 5.93. The standard InChI is InChI=1S/C20H25N3O2S/c1-15(2)18(21-19(24)17-9-6-14-26-17)20(25)23-12-10-22(11-13-23)16-7-4-3-5-8-16/h3-9,14-15,18H,10-13H2,1-2H3,(H,21,24)/t18-/m0/s1. The lowest BCUT2D eigenvalue weighted by Gasteiger charge is -2.38. The van der Waals surface area contributed by atoms with Crippen LogP contribution in [0.4, 0.5) is 5.69 Å². The Morgan fingerprint density at radius 1 is 1.00 bits per heavy atom. The highest BCUT2D eigenvalue weighted by Gasteiger charge is 2.31. The average molecular weight is 372 g/mol. The largest absolute Gasteiger partial charge is 0.368 e. The fourth-order valence-corrected chi connectivity index (χ4v) is 3.78. The molecule has 6 heteroatoms. The third-order valence-corrected chi connectivity index (χ3v) is 5.55. The molecule has 0 aliphatic carbocycles. The second kappa shape index (κ2) is 8.36. The minimum Gasteiger partial charge on any atom is -0.368 e. The van der Waals surface area contributed by atoms with Crippen molar-refractivity contribution in [3.63, 3.8) is 0 Å². The number of carbonyl (C=O) groups excluding carboxylic acids is 2. The highest BCUT2D eigenvalue weighted by atomic mass is 32.1. The lowest BCUT2D eigenvalue weighted by molar-refractivity contribution is -0.134. The third kappa shape index (κ3) is 4.25. The number of amides is 2. The van der Waals surface area contributed by atoms with Crippen LogP contribution in [0.3, 0.4) is 0 Å². The first-order valence-corrected chi connectivity index (χ1v) is 9.87. The Morgan fingerprint density at radius 3 is 2.27 bits per heavy atom. The Morgan fingerprint density at radius 2 is 1.69 bits per heavy atom. The average Bonchev–Trinajstić information content (AvgIpc) is 3.21. The zero-order valence-corrected chi connectivity index (χ0v) is 16.0. The second-order valence-electron chi connectivity index (χ2n) is 6.82. The van der Waals surface area contributed by atoms with E-state index in [1.165, 1.54) is 17.0 Å². The molecule has 5 nitrogen and oxygen atoms in total. The quantitative estimate of drug-likeness (QED) is 0.879. The van der Waals surface area contributed by atoms with E-state index in [4.69, 9.17) is 0 Å². The van der Waals surface area contributed by atoms with Gasteiger partial charge >= 0.3 is 0 Å². The highest BCUT2D eigenvalue weighted by Crippen LogP contribution is 2.17. The first kappa shape index (κ1) is 18.5. The van der Waals surface area contributed by atoms with Crippen LogP contribution in [0.25, 0.3) is 0 Å². The number of para-hydroxylation sites is 1. The summed E-state index contributed by atoms with van der Waals surface area (Å²) in [6.07, 6.45) is 0. The van der Waals surface area contributed by atoms with Gasteiger partial charge in [0.25, 0.3) is 5.91 Å². The van der Waals surface area contributed by atoms with Gasteiger partial charge in [0.2, 0.25) is 5.91 Å². The van der Waals surface area contributed by atoms with Crippen LogP contribution in [0.2, 0.25) is 0 Å². The van der Waals surface area contributed by atoms with Gasteiger partial charge in [-0.25, -0.2) is 0 Å². The van der Waals surface area contributed by atoms with Crippen LogP contribution < -0.4 is 10.2 Å². The van der Waals surface area contributed by atoms with Crippen molar-refractivity contribution in [1.29, 1.82) is 0 Å². The maximum atomic E-state index is 13.0. The maximum absolute atomic E-state index is 13.0. The Balaban J connectivity index is 1.60. The van der Waals surface area contributed by atoms with Gasteiger partial charge in [0.1, 0.15) is 6.04 Å². The van der Waals surface area contributed by atoms with E-state index >= 15 is 0 Å². The zero-order valence-electron chi connectivity index (χ0n) is 15.2. The zero-order chi connectivity index (χ0) is 18.5. The van der Waals surface area contributed by atoms with E-state index in [1.54, 1.807) is 6.07 Å². The Bertz CT molecular complexity index is 723. The molecule has 2 heterocycles. The Hall–Kier alpha value is -2.34. The van der Waals surface area contributed by atoms with Gasteiger partial charge in [-0.05, 0) is 29.5 Å². The number of rotatable bonds is 5. The third-order valence-electron chi connectivity index (χ3n) is 4.68. The van der Waals surface area contributed by atoms with E-state index in [0.29, 0.717) is 18.0 Å². The number of nitrogens with one attached hydrogen (secondary N) is 1. The maximum Gasteiger partial charge on any atom is 0.262 e. The van der Waals surface area contributed by atoms with Crippen molar-refractivity contribution in [3.8, 4) is 0 Å². The summed E-state index contributed by atoms with van der Waals surface area (Å²) in [5.74, 6) is -0.119. The molecule has 26 heavy (non-hydrogen) atoms. The molecule has 1 aromatic heterocycles. The van der Waals surface area contributed by atoms with Gasteiger partial charge in [-0.1, -0.05) is 38.1 Å². The van der Waals surface area contributed by atoms with Crippen LogP contribution in [-0.2, 0) is 4.79 Å².